The van der Waals surface area contributed by atoms with E-state index in [9.17, 15) is 9.59 Å². The minimum atomic E-state index is -0.267. The van der Waals surface area contributed by atoms with E-state index in [4.69, 9.17) is 0 Å². The summed E-state index contributed by atoms with van der Waals surface area (Å²) in [5.74, 6) is -0.267. The number of thiazole rings is 1. The molecule has 1 N–H and O–H groups in total. The number of fused-ring (bicyclic) bond motifs is 5. The first kappa shape index (κ1) is 16.9. The standard InChI is InChI=1S/C20H19N3O2S2/c24-17-13-7-12-26-19(13)23-14-5-1-2-6-15(14)27-20(23)16(17)18(25)21-8-11-22-9-3-4-10-22/h1-2,5-7,12H,3-4,8-11H2,(H,21,25). The Bertz CT molecular complexity index is 1210. The lowest BCUT2D eigenvalue weighted by atomic mass is 10.2. The average Bonchev–Trinajstić information content (AvgIpc) is 3.40. The van der Waals surface area contributed by atoms with Crippen molar-refractivity contribution in [1.29, 1.82) is 0 Å². The van der Waals surface area contributed by atoms with Crippen molar-refractivity contribution in [2.45, 2.75) is 12.8 Å². The fourth-order valence-electron chi connectivity index (χ4n) is 3.85. The highest BCUT2D eigenvalue weighted by atomic mass is 32.1. The molecular weight excluding hydrogens is 378 g/mol. The summed E-state index contributed by atoms with van der Waals surface area (Å²) in [6.45, 7) is 3.60. The van der Waals surface area contributed by atoms with Gasteiger partial charge in [-0.05, 0) is 49.5 Å². The van der Waals surface area contributed by atoms with Crippen molar-refractivity contribution in [2.75, 3.05) is 26.2 Å². The van der Waals surface area contributed by atoms with Gasteiger partial charge in [0.2, 0.25) is 5.43 Å². The number of nitrogens with one attached hydrogen (secondary N) is 1. The molecule has 0 saturated carbocycles. The SMILES string of the molecule is O=C(NCCN1CCCC1)c1c(=O)c2ccsc2n2c1sc1ccccc12. The molecule has 4 heterocycles. The quantitative estimate of drug-likeness (QED) is 0.573. The van der Waals surface area contributed by atoms with E-state index in [1.54, 1.807) is 0 Å². The lowest BCUT2D eigenvalue weighted by molar-refractivity contribution is 0.0950. The second-order valence-electron chi connectivity index (χ2n) is 6.86. The summed E-state index contributed by atoms with van der Waals surface area (Å²) in [6, 6.07) is 9.87. The van der Waals surface area contributed by atoms with E-state index >= 15 is 0 Å². The normalized spacial score (nSPS) is 15.3. The number of thiophene rings is 1. The Morgan fingerprint density at radius 1 is 1.11 bits per heavy atom. The van der Waals surface area contributed by atoms with Crippen molar-refractivity contribution in [3.8, 4) is 0 Å². The van der Waals surface area contributed by atoms with Gasteiger partial charge in [-0.2, -0.15) is 0 Å². The molecule has 5 nitrogen and oxygen atoms in total. The zero-order valence-corrected chi connectivity index (χ0v) is 16.4. The molecule has 1 fully saturated rings. The van der Waals surface area contributed by atoms with E-state index in [0.29, 0.717) is 11.9 Å². The van der Waals surface area contributed by atoms with Crippen LogP contribution in [-0.2, 0) is 0 Å². The predicted octanol–water partition coefficient (Wildman–Crippen LogP) is 3.55. The number of hydrogen-bond donors (Lipinski definition) is 1. The Balaban J connectivity index is 1.60. The van der Waals surface area contributed by atoms with E-state index in [0.717, 1.165) is 39.5 Å². The van der Waals surface area contributed by atoms with Gasteiger partial charge in [0.1, 0.15) is 15.2 Å². The number of rotatable bonds is 4. The number of para-hydroxylation sites is 1. The van der Waals surface area contributed by atoms with Gasteiger partial charge in [0.05, 0.1) is 15.6 Å². The van der Waals surface area contributed by atoms with Crippen molar-refractivity contribution < 1.29 is 4.79 Å². The van der Waals surface area contributed by atoms with Crippen LogP contribution in [-0.4, -0.2) is 41.4 Å². The largest absolute Gasteiger partial charge is 0.351 e. The van der Waals surface area contributed by atoms with Gasteiger partial charge < -0.3 is 10.2 Å². The Kier molecular flexibility index (Phi) is 4.22. The zero-order chi connectivity index (χ0) is 18.4. The number of hydrogen-bond acceptors (Lipinski definition) is 5. The van der Waals surface area contributed by atoms with Crippen molar-refractivity contribution >= 4 is 53.8 Å². The van der Waals surface area contributed by atoms with Gasteiger partial charge >= 0.3 is 0 Å². The van der Waals surface area contributed by atoms with Crippen LogP contribution in [0, 0.1) is 0 Å². The van der Waals surface area contributed by atoms with Crippen LogP contribution in [0.4, 0.5) is 0 Å². The molecule has 138 valence electrons. The van der Waals surface area contributed by atoms with Gasteiger partial charge in [0, 0.05) is 13.1 Å². The summed E-state index contributed by atoms with van der Waals surface area (Å²) in [6.07, 6.45) is 2.46. The van der Waals surface area contributed by atoms with Gasteiger partial charge in [-0.3, -0.25) is 14.0 Å². The van der Waals surface area contributed by atoms with Crippen LogP contribution >= 0.6 is 22.7 Å². The number of benzene rings is 1. The highest BCUT2D eigenvalue weighted by Crippen LogP contribution is 2.32. The Morgan fingerprint density at radius 3 is 2.78 bits per heavy atom. The molecule has 0 spiro atoms. The van der Waals surface area contributed by atoms with Crippen LogP contribution in [0.15, 0.2) is 40.5 Å². The van der Waals surface area contributed by atoms with Crippen LogP contribution in [0.5, 0.6) is 0 Å². The number of carbonyl (C=O) groups excluding carboxylic acids is 1. The van der Waals surface area contributed by atoms with Crippen LogP contribution in [0.25, 0.3) is 25.3 Å². The van der Waals surface area contributed by atoms with Crippen LogP contribution < -0.4 is 10.7 Å². The number of likely N-dealkylation sites (tertiary alicyclic amines) is 1. The molecule has 4 aromatic rings. The number of amides is 1. The number of carbonyl (C=O) groups is 1. The lowest BCUT2D eigenvalue weighted by Crippen LogP contribution is -2.35. The zero-order valence-electron chi connectivity index (χ0n) is 14.7. The van der Waals surface area contributed by atoms with E-state index in [2.05, 4.69) is 14.6 Å². The van der Waals surface area contributed by atoms with Gasteiger partial charge in [-0.1, -0.05) is 12.1 Å². The van der Waals surface area contributed by atoms with Gasteiger partial charge in [0.25, 0.3) is 5.91 Å². The molecule has 5 rings (SSSR count). The van der Waals surface area contributed by atoms with E-state index in [1.807, 2.05) is 35.7 Å². The summed E-state index contributed by atoms with van der Waals surface area (Å²) >= 11 is 3.04. The monoisotopic (exact) mass is 397 g/mol. The smallest absolute Gasteiger partial charge is 0.258 e. The highest BCUT2D eigenvalue weighted by Gasteiger charge is 2.22. The minimum absolute atomic E-state index is 0.170. The second-order valence-corrected chi connectivity index (χ2v) is 8.78. The molecule has 27 heavy (non-hydrogen) atoms. The third-order valence-corrected chi connectivity index (χ3v) is 7.23. The van der Waals surface area contributed by atoms with E-state index in [1.165, 1.54) is 35.5 Å². The van der Waals surface area contributed by atoms with Crippen LogP contribution in [0.1, 0.15) is 23.2 Å². The maximum absolute atomic E-state index is 13.1. The first-order valence-electron chi connectivity index (χ1n) is 9.18. The Labute approximate surface area is 163 Å². The lowest BCUT2D eigenvalue weighted by Gasteiger charge is -2.14. The Morgan fingerprint density at radius 2 is 1.93 bits per heavy atom. The fraction of sp³-hybridized carbons (Fsp3) is 0.300. The molecule has 0 atom stereocenters. The number of aromatic nitrogens is 1. The molecule has 1 aromatic carbocycles. The van der Waals surface area contributed by atoms with Crippen LogP contribution in [0.3, 0.4) is 0 Å². The summed E-state index contributed by atoms with van der Waals surface area (Å²) in [4.78, 5) is 30.0. The van der Waals surface area contributed by atoms with E-state index < -0.39 is 0 Å². The van der Waals surface area contributed by atoms with Crippen molar-refractivity contribution in [1.82, 2.24) is 14.6 Å². The highest BCUT2D eigenvalue weighted by molar-refractivity contribution is 7.24. The predicted molar refractivity (Wildman–Crippen MR) is 112 cm³/mol. The molecule has 3 aromatic heterocycles. The number of nitrogens with zero attached hydrogens (tertiary/aromatic N) is 2. The van der Waals surface area contributed by atoms with Gasteiger partial charge in [-0.15, -0.1) is 22.7 Å². The molecule has 1 amide bonds. The second kappa shape index (κ2) is 6.74. The first-order valence-corrected chi connectivity index (χ1v) is 10.9. The molecule has 1 aliphatic heterocycles. The molecule has 0 unspecified atom stereocenters. The number of pyridine rings is 1. The van der Waals surface area contributed by atoms with E-state index in [-0.39, 0.29) is 16.9 Å². The molecule has 1 aliphatic rings. The minimum Gasteiger partial charge on any atom is -0.351 e. The Hall–Kier alpha value is -2.22. The topological polar surface area (TPSA) is 53.8 Å². The summed E-state index contributed by atoms with van der Waals surface area (Å²) < 4.78 is 3.14. The van der Waals surface area contributed by atoms with Gasteiger partial charge in [0.15, 0.2) is 0 Å². The molecule has 0 bridgehead atoms. The van der Waals surface area contributed by atoms with Gasteiger partial charge in [-0.25, -0.2) is 0 Å². The van der Waals surface area contributed by atoms with Crippen LogP contribution in [0.2, 0.25) is 0 Å². The summed E-state index contributed by atoms with van der Waals surface area (Å²) in [5, 5.41) is 5.51. The average molecular weight is 398 g/mol. The maximum Gasteiger partial charge on any atom is 0.258 e. The van der Waals surface area contributed by atoms with Crippen molar-refractivity contribution in [3.63, 3.8) is 0 Å². The van der Waals surface area contributed by atoms with Crippen molar-refractivity contribution in [3.05, 3.63) is 51.5 Å². The van der Waals surface area contributed by atoms with Crippen molar-refractivity contribution in [2.24, 2.45) is 0 Å². The molecule has 1 saturated heterocycles. The molecule has 0 radical (unpaired) electrons. The summed E-state index contributed by atoms with van der Waals surface area (Å²) in [7, 11) is 0. The summed E-state index contributed by atoms with van der Waals surface area (Å²) in [5.41, 5.74) is 1.14. The first-order chi connectivity index (χ1) is 13.2. The maximum atomic E-state index is 13.1. The fourth-order valence-corrected chi connectivity index (χ4v) is 6.01. The molecule has 7 heteroatoms. The molecular formula is C20H19N3O2S2. The molecule has 0 aliphatic carbocycles. The third-order valence-electron chi connectivity index (χ3n) is 5.19. The third kappa shape index (κ3) is 2.77.